The molecule has 0 heterocycles. The van der Waals surface area contributed by atoms with Gasteiger partial charge in [0, 0.05) is 16.9 Å². The smallest absolute Gasteiger partial charge is 0.274 e. The van der Waals surface area contributed by atoms with E-state index < -0.39 is 5.91 Å². The normalized spacial score (nSPS) is 9.67. The summed E-state index contributed by atoms with van der Waals surface area (Å²) in [4.78, 5) is 11.6. The molecule has 15 heavy (non-hydrogen) atoms. The lowest BCUT2D eigenvalue weighted by atomic mass is 10.1. The predicted octanol–water partition coefficient (Wildman–Crippen LogP) is -0.589. The number of benzene rings is 1. The molecule has 0 saturated heterocycles. The molecule has 0 aromatic heterocycles. The van der Waals surface area contributed by atoms with Crippen molar-refractivity contribution in [3.63, 3.8) is 0 Å². The van der Waals surface area contributed by atoms with Crippen LogP contribution in [0.15, 0.2) is 18.2 Å². The van der Waals surface area contributed by atoms with Gasteiger partial charge in [-0.15, -0.1) is 0 Å². The molecule has 0 bridgehead atoms. The Morgan fingerprint density at radius 2 is 1.67 bits per heavy atom. The van der Waals surface area contributed by atoms with Gasteiger partial charge in [-0.2, -0.15) is 0 Å². The summed E-state index contributed by atoms with van der Waals surface area (Å²) in [5.74, 6) is 4.77. The van der Waals surface area contributed by atoms with E-state index in [1.165, 1.54) is 18.2 Å². The number of anilines is 2. The quantitative estimate of drug-likeness (QED) is 0.166. The number of hydrazine groups is 1. The van der Waals surface area contributed by atoms with E-state index in [-0.39, 0.29) is 10.7 Å². The van der Waals surface area contributed by atoms with Crippen LogP contribution in [0.3, 0.4) is 0 Å². The van der Waals surface area contributed by atoms with Gasteiger partial charge in [0.15, 0.2) is 5.11 Å². The molecule has 8 N–H and O–H groups in total. The number of nitrogen functional groups attached to an aromatic ring is 2. The Kier molecular flexibility index (Phi) is 3.08. The van der Waals surface area contributed by atoms with Gasteiger partial charge in [-0.05, 0) is 30.4 Å². The first-order valence-electron chi connectivity index (χ1n) is 3.96. The van der Waals surface area contributed by atoms with Crippen molar-refractivity contribution in [3.8, 4) is 0 Å². The van der Waals surface area contributed by atoms with Gasteiger partial charge in [0.05, 0.1) is 0 Å². The SMILES string of the molecule is NC(=S)N(N)C(=O)c1cc(N)cc(N)c1. The van der Waals surface area contributed by atoms with Gasteiger partial charge in [0.1, 0.15) is 0 Å². The number of hydrogen-bond donors (Lipinski definition) is 4. The van der Waals surface area contributed by atoms with Crippen molar-refractivity contribution in [2.75, 3.05) is 11.5 Å². The Balaban J connectivity index is 3.06. The molecule has 0 aliphatic rings. The zero-order valence-corrected chi connectivity index (χ0v) is 8.62. The molecule has 0 aliphatic carbocycles. The molecule has 6 nitrogen and oxygen atoms in total. The third-order valence-electron chi connectivity index (χ3n) is 1.68. The first-order valence-corrected chi connectivity index (χ1v) is 4.37. The lowest BCUT2D eigenvalue weighted by Crippen LogP contribution is -2.45. The zero-order valence-electron chi connectivity index (χ0n) is 7.81. The zero-order chi connectivity index (χ0) is 11.6. The molecular weight excluding hydrogens is 214 g/mol. The monoisotopic (exact) mass is 225 g/mol. The van der Waals surface area contributed by atoms with Crippen LogP contribution in [0.1, 0.15) is 10.4 Å². The van der Waals surface area contributed by atoms with Gasteiger partial charge in [-0.3, -0.25) is 4.79 Å². The number of nitrogens with two attached hydrogens (primary N) is 4. The maximum Gasteiger partial charge on any atom is 0.274 e. The van der Waals surface area contributed by atoms with Crippen LogP contribution in [-0.2, 0) is 0 Å². The number of amides is 1. The number of carbonyl (C=O) groups excluding carboxylic acids is 1. The number of rotatable bonds is 1. The van der Waals surface area contributed by atoms with Gasteiger partial charge in [0.2, 0.25) is 0 Å². The second kappa shape index (κ2) is 4.11. The number of thiocarbonyl (C=S) groups is 1. The third-order valence-corrected chi connectivity index (χ3v) is 1.88. The van der Waals surface area contributed by atoms with E-state index in [2.05, 4.69) is 12.2 Å². The van der Waals surface area contributed by atoms with Crippen LogP contribution in [0, 0.1) is 0 Å². The van der Waals surface area contributed by atoms with Crippen LogP contribution < -0.4 is 23.0 Å². The Hall–Kier alpha value is -1.86. The summed E-state index contributed by atoms with van der Waals surface area (Å²) in [6, 6.07) is 4.41. The lowest BCUT2D eigenvalue weighted by molar-refractivity contribution is 0.0848. The summed E-state index contributed by atoms with van der Waals surface area (Å²) in [7, 11) is 0. The molecule has 7 heteroatoms. The van der Waals surface area contributed by atoms with E-state index >= 15 is 0 Å². The number of nitrogens with zero attached hydrogens (tertiary/aromatic N) is 1. The first kappa shape index (κ1) is 11.2. The summed E-state index contributed by atoms with van der Waals surface area (Å²) in [6.07, 6.45) is 0. The second-order valence-electron chi connectivity index (χ2n) is 2.90. The third kappa shape index (κ3) is 2.55. The largest absolute Gasteiger partial charge is 0.399 e. The Bertz CT molecular complexity index is 399. The van der Waals surface area contributed by atoms with Crippen LogP contribution in [0.5, 0.6) is 0 Å². The van der Waals surface area contributed by atoms with Gasteiger partial charge < -0.3 is 17.2 Å². The number of hydrogen-bond acceptors (Lipinski definition) is 5. The average Bonchev–Trinajstić information content (AvgIpc) is 2.13. The lowest BCUT2D eigenvalue weighted by Gasteiger charge is -2.14. The van der Waals surface area contributed by atoms with E-state index in [0.29, 0.717) is 16.4 Å². The molecule has 1 aromatic carbocycles. The molecule has 0 saturated carbocycles. The van der Waals surface area contributed by atoms with Crippen LogP contribution in [0.25, 0.3) is 0 Å². The van der Waals surface area contributed by atoms with E-state index in [4.69, 9.17) is 23.0 Å². The maximum atomic E-state index is 11.6. The fraction of sp³-hybridized carbons (Fsp3) is 0. The second-order valence-corrected chi connectivity index (χ2v) is 3.32. The van der Waals surface area contributed by atoms with E-state index in [1.807, 2.05) is 0 Å². The van der Waals surface area contributed by atoms with Crippen molar-refractivity contribution in [1.82, 2.24) is 5.01 Å². The first-order chi connectivity index (χ1) is 6.91. The highest BCUT2D eigenvalue weighted by Gasteiger charge is 2.15. The molecule has 0 unspecified atom stereocenters. The van der Waals surface area contributed by atoms with Crippen LogP contribution in [0.2, 0.25) is 0 Å². The predicted molar refractivity (Wildman–Crippen MR) is 62.4 cm³/mol. The number of carbonyl (C=O) groups is 1. The molecule has 1 amide bonds. The molecule has 80 valence electrons. The van der Waals surface area contributed by atoms with Gasteiger partial charge in [0.25, 0.3) is 5.91 Å². The Morgan fingerprint density at radius 1 is 1.20 bits per heavy atom. The van der Waals surface area contributed by atoms with Crippen molar-refractivity contribution in [1.29, 1.82) is 0 Å². The standard InChI is InChI=1S/C8H11N5OS/c9-5-1-4(2-6(10)3-5)7(14)13(12)8(11)15/h1-3H,9-10,12H2,(H2,11,15). The Labute approximate surface area is 91.8 Å². The van der Waals surface area contributed by atoms with Gasteiger partial charge in [-0.25, -0.2) is 10.9 Å². The minimum Gasteiger partial charge on any atom is -0.399 e. The molecule has 0 radical (unpaired) electrons. The Morgan fingerprint density at radius 3 is 2.07 bits per heavy atom. The van der Waals surface area contributed by atoms with Gasteiger partial charge >= 0.3 is 0 Å². The molecule has 1 aromatic rings. The molecule has 0 atom stereocenters. The molecule has 0 fully saturated rings. The molecule has 0 spiro atoms. The molecule has 1 rings (SSSR count). The summed E-state index contributed by atoms with van der Waals surface area (Å²) < 4.78 is 0. The van der Waals surface area contributed by atoms with Crippen molar-refractivity contribution >= 4 is 34.6 Å². The van der Waals surface area contributed by atoms with E-state index in [1.54, 1.807) is 0 Å². The fourth-order valence-corrected chi connectivity index (χ4v) is 1.12. The van der Waals surface area contributed by atoms with Crippen molar-refractivity contribution < 1.29 is 4.79 Å². The fourth-order valence-electron chi connectivity index (χ4n) is 1.04. The summed E-state index contributed by atoms with van der Waals surface area (Å²) in [5.41, 5.74) is 17.2. The summed E-state index contributed by atoms with van der Waals surface area (Å²) in [6.45, 7) is 0. The highest BCUT2D eigenvalue weighted by atomic mass is 32.1. The van der Waals surface area contributed by atoms with E-state index in [9.17, 15) is 4.79 Å². The summed E-state index contributed by atoms with van der Waals surface area (Å²) in [5, 5.41) is 0.435. The van der Waals surface area contributed by atoms with Gasteiger partial charge in [-0.1, -0.05) is 0 Å². The van der Waals surface area contributed by atoms with Crippen LogP contribution in [-0.4, -0.2) is 16.0 Å². The highest BCUT2D eigenvalue weighted by Crippen LogP contribution is 2.14. The summed E-state index contributed by atoms with van der Waals surface area (Å²) >= 11 is 4.56. The van der Waals surface area contributed by atoms with Crippen molar-refractivity contribution in [2.45, 2.75) is 0 Å². The highest BCUT2D eigenvalue weighted by molar-refractivity contribution is 7.80. The minimum atomic E-state index is -0.554. The van der Waals surface area contributed by atoms with Crippen LogP contribution >= 0.6 is 12.2 Å². The van der Waals surface area contributed by atoms with Crippen LogP contribution in [0.4, 0.5) is 11.4 Å². The molecular formula is C8H11N5OS. The van der Waals surface area contributed by atoms with Crippen molar-refractivity contribution in [2.24, 2.45) is 11.6 Å². The van der Waals surface area contributed by atoms with Crippen molar-refractivity contribution in [3.05, 3.63) is 23.8 Å². The maximum absolute atomic E-state index is 11.6. The average molecular weight is 225 g/mol. The van der Waals surface area contributed by atoms with E-state index in [0.717, 1.165) is 0 Å². The molecule has 0 aliphatic heterocycles. The minimum absolute atomic E-state index is 0.221. The topological polar surface area (TPSA) is 124 Å².